The van der Waals surface area contributed by atoms with E-state index < -0.39 is 0 Å². The topological polar surface area (TPSA) is 81.6 Å². The molecule has 130 valence electrons. The predicted octanol–water partition coefficient (Wildman–Crippen LogP) is 1.73. The Morgan fingerprint density at radius 1 is 1.42 bits per heavy atom. The van der Waals surface area contributed by atoms with Crippen LogP contribution in [0.2, 0.25) is 0 Å². The van der Waals surface area contributed by atoms with Crippen molar-refractivity contribution in [2.45, 2.75) is 26.5 Å². The Labute approximate surface area is 159 Å². The molecule has 0 amide bonds. The van der Waals surface area contributed by atoms with Crippen molar-refractivity contribution in [2.75, 3.05) is 19.7 Å². The maximum atomic E-state index is 6.14. The van der Waals surface area contributed by atoms with E-state index in [9.17, 15) is 0 Å². The van der Waals surface area contributed by atoms with Gasteiger partial charge in [0.05, 0.1) is 19.3 Å². The van der Waals surface area contributed by atoms with Gasteiger partial charge >= 0.3 is 0 Å². The number of nitrogens with two attached hydrogens (primary N) is 1. The van der Waals surface area contributed by atoms with Crippen LogP contribution in [0.3, 0.4) is 0 Å². The van der Waals surface area contributed by atoms with Crippen LogP contribution in [0.15, 0.2) is 35.7 Å². The Morgan fingerprint density at radius 2 is 2.25 bits per heavy atom. The number of pyridine rings is 1. The number of nitrogens with zero attached hydrogens (tertiary/aromatic N) is 5. The second kappa shape index (κ2) is 8.43. The first-order valence-corrected chi connectivity index (χ1v) is 7.76. The quantitative estimate of drug-likeness (QED) is 0.445. The lowest BCUT2D eigenvalue weighted by molar-refractivity contribution is 0.00528. The van der Waals surface area contributed by atoms with Crippen LogP contribution in [0, 0.1) is 6.92 Å². The Kier molecular flexibility index (Phi) is 6.55. The SMILES string of the molecule is Cc1nccn1-c1ncccc1CN=C(N)N1CCOC(C)C1.I. The van der Waals surface area contributed by atoms with Gasteiger partial charge in [0.15, 0.2) is 5.96 Å². The van der Waals surface area contributed by atoms with E-state index in [-0.39, 0.29) is 30.1 Å². The van der Waals surface area contributed by atoms with Crippen LogP contribution in [-0.2, 0) is 11.3 Å². The van der Waals surface area contributed by atoms with E-state index in [2.05, 4.69) is 19.9 Å². The van der Waals surface area contributed by atoms with Gasteiger partial charge in [-0.2, -0.15) is 0 Å². The molecule has 0 spiro atoms. The van der Waals surface area contributed by atoms with Crippen LogP contribution in [0.4, 0.5) is 0 Å². The number of hydrogen-bond acceptors (Lipinski definition) is 4. The molecule has 2 aromatic heterocycles. The molecule has 1 unspecified atom stereocenters. The number of aliphatic imine (C=N–C) groups is 1. The van der Waals surface area contributed by atoms with Gasteiger partial charge in [-0.3, -0.25) is 4.57 Å². The number of ether oxygens (including phenoxy) is 1. The Hall–Kier alpha value is -1.68. The van der Waals surface area contributed by atoms with Crippen LogP contribution >= 0.6 is 24.0 Å². The first-order chi connectivity index (χ1) is 11.1. The summed E-state index contributed by atoms with van der Waals surface area (Å²) in [6.07, 6.45) is 5.62. The van der Waals surface area contributed by atoms with Crippen LogP contribution in [-0.4, -0.2) is 51.2 Å². The molecule has 0 bridgehead atoms. The van der Waals surface area contributed by atoms with Gasteiger partial charge in [-0.25, -0.2) is 15.0 Å². The normalized spacial score (nSPS) is 18.3. The summed E-state index contributed by atoms with van der Waals surface area (Å²) in [6.45, 7) is 6.71. The summed E-state index contributed by atoms with van der Waals surface area (Å²) in [5.74, 6) is 2.29. The third-order valence-corrected chi connectivity index (χ3v) is 3.90. The van der Waals surface area contributed by atoms with E-state index in [1.54, 1.807) is 12.4 Å². The summed E-state index contributed by atoms with van der Waals surface area (Å²) >= 11 is 0. The monoisotopic (exact) mass is 442 g/mol. The fourth-order valence-electron chi connectivity index (χ4n) is 2.67. The molecule has 1 aliphatic rings. The summed E-state index contributed by atoms with van der Waals surface area (Å²) in [5.41, 5.74) is 7.15. The summed E-state index contributed by atoms with van der Waals surface area (Å²) in [6, 6.07) is 3.92. The second-order valence-electron chi connectivity index (χ2n) is 5.63. The highest BCUT2D eigenvalue weighted by atomic mass is 127. The van der Waals surface area contributed by atoms with Gasteiger partial charge in [0.1, 0.15) is 11.6 Å². The molecule has 7 nitrogen and oxygen atoms in total. The van der Waals surface area contributed by atoms with Crippen molar-refractivity contribution in [3.63, 3.8) is 0 Å². The van der Waals surface area contributed by atoms with Crippen molar-refractivity contribution < 1.29 is 4.74 Å². The molecule has 0 saturated carbocycles. The zero-order valence-electron chi connectivity index (χ0n) is 13.9. The highest BCUT2D eigenvalue weighted by molar-refractivity contribution is 14.0. The highest BCUT2D eigenvalue weighted by Crippen LogP contribution is 2.14. The Balaban J connectivity index is 0.00000208. The van der Waals surface area contributed by atoms with Crippen molar-refractivity contribution in [1.82, 2.24) is 19.4 Å². The van der Waals surface area contributed by atoms with Crippen molar-refractivity contribution in [1.29, 1.82) is 0 Å². The number of rotatable bonds is 3. The number of hydrogen-bond donors (Lipinski definition) is 1. The Bertz CT molecular complexity index is 701. The van der Waals surface area contributed by atoms with Gasteiger partial charge < -0.3 is 15.4 Å². The minimum atomic E-state index is 0. The van der Waals surface area contributed by atoms with Crippen LogP contribution in [0.25, 0.3) is 5.82 Å². The molecule has 1 atom stereocenters. The molecule has 24 heavy (non-hydrogen) atoms. The minimum absolute atomic E-state index is 0. The molecule has 0 radical (unpaired) electrons. The zero-order chi connectivity index (χ0) is 16.2. The average Bonchev–Trinajstić information content (AvgIpc) is 2.99. The number of aryl methyl sites for hydroxylation is 1. The number of guanidine groups is 1. The van der Waals surface area contributed by atoms with E-state index >= 15 is 0 Å². The zero-order valence-corrected chi connectivity index (χ0v) is 16.3. The molecule has 8 heteroatoms. The van der Waals surface area contributed by atoms with E-state index in [1.807, 2.05) is 36.7 Å². The van der Waals surface area contributed by atoms with Crippen molar-refractivity contribution in [3.05, 3.63) is 42.1 Å². The van der Waals surface area contributed by atoms with Crippen LogP contribution < -0.4 is 5.73 Å². The van der Waals surface area contributed by atoms with Crippen LogP contribution in [0.1, 0.15) is 18.3 Å². The smallest absolute Gasteiger partial charge is 0.191 e. The van der Waals surface area contributed by atoms with Gasteiger partial charge in [0, 0.05) is 37.2 Å². The molecule has 1 fully saturated rings. The summed E-state index contributed by atoms with van der Waals surface area (Å²) in [7, 11) is 0. The van der Waals surface area contributed by atoms with Gasteiger partial charge in [-0.15, -0.1) is 24.0 Å². The van der Waals surface area contributed by atoms with Gasteiger partial charge in [-0.1, -0.05) is 6.07 Å². The molecule has 3 rings (SSSR count). The molecule has 3 heterocycles. The van der Waals surface area contributed by atoms with E-state index in [4.69, 9.17) is 10.5 Å². The average molecular weight is 442 g/mol. The van der Waals surface area contributed by atoms with Crippen molar-refractivity contribution in [2.24, 2.45) is 10.7 Å². The van der Waals surface area contributed by atoms with Gasteiger partial charge in [-0.05, 0) is 19.9 Å². The lowest BCUT2D eigenvalue weighted by atomic mass is 10.2. The molecule has 1 aliphatic heterocycles. The maximum Gasteiger partial charge on any atom is 0.191 e. The summed E-state index contributed by atoms with van der Waals surface area (Å²) in [4.78, 5) is 15.3. The molecule has 0 aromatic carbocycles. The van der Waals surface area contributed by atoms with Gasteiger partial charge in [0.25, 0.3) is 0 Å². The maximum absolute atomic E-state index is 6.14. The van der Waals surface area contributed by atoms with Crippen molar-refractivity contribution in [3.8, 4) is 5.82 Å². The lowest BCUT2D eigenvalue weighted by Crippen LogP contribution is -2.47. The van der Waals surface area contributed by atoms with E-state index in [1.165, 1.54) is 0 Å². The van der Waals surface area contributed by atoms with E-state index in [0.717, 1.165) is 30.3 Å². The molecule has 1 saturated heterocycles. The first kappa shape index (κ1) is 18.7. The first-order valence-electron chi connectivity index (χ1n) is 7.76. The minimum Gasteiger partial charge on any atom is -0.375 e. The third kappa shape index (κ3) is 4.23. The molecular formula is C16H23IN6O. The molecule has 2 aromatic rings. The number of halogens is 1. The van der Waals surface area contributed by atoms with Crippen LogP contribution in [0.5, 0.6) is 0 Å². The second-order valence-corrected chi connectivity index (χ2v) is 5.63. The molecular weight excluding hydrogens is 419 g/mol. The number of aromatic nitrogens is 3. The number of morpholine rings is 1. The Morgan fingerprint density at radius 3 is 2.96 bits per heavy atom. The number of imidazole rings is 1. The fraction of sp³-hybridized carbons (Fsp3) is 0.438. The molecule has 2 N–H and O–H groups in total. The molecule has 0 aliphatic carbocycles. The van der Waals surface area contributed by atoms with Crippen molar-refractivity contribution >= 4 is 29.9 Å². The predicted molar refractivity (Wildman–Crippen MR) is 104 cm³/mol. The highest BCUT2D eigenvalue weighted by Gasteiger charge is 2.18. The summed E-state index contributed by atoms with van der Waals surface area (Å²) < 4.78 is 7.49. The fourth-order valence-corrected chi connectivity index (χ4v) is 2.67. The van der Waals surface area contributed by atoms with Gasteiger partial charge in [0.2, 0.25) is 0 Å². The summed E-state index contributed by atoms with van der Waals surface area (Å²) in [5, 5.41) is 0. The third-order valence-electron chi connectivity index (χ3n) is 3.90. The van der Waals surface area contributed by atoms with E-state index in [0.29, 0.717) is 19.1 Å². The standard InChI is InChI=1S/C16H22N6O.HI/c1-12-11-21(8-9-23-12)16(17)20-10-14-4-3-5-19-15(14)22-7-6-18-13(22)2;/h3-7,12H,8-11H2,1-2H3,(H2,17,20);1H. The lowest BCUT2D eigenvalue weighted by Gasteiger charge is -2.31. The largest absolute Gasteiger partial charge is 0.375 e.